The van der Waals surface area contributed by atoms with Crippen molar-refractivity contribution in [2.45, 2.75) is 16.4 Å². The van der Waals surface area contributed by atoms with E-state index in [1.54, 1.807) is 0 Å². The Balaban J connectivity index is 2.53. The highest BCUT2D eigenvalue weighted by Crippen LogP contribution is 2.34. The van der Waals surface area contributed by atoms with Gasteiger partial charge < -0.3 is 16.1 Å². The molecule has 2 rings (SSSR count). The molecule has 0 saturated heterocycles. The summed E-state index contributed by atoms with van der Waals surface area (Å²) < 4.78 is 0. The molecule has 0 saturated carbocycles. The van der Waals surface area contributed by atoms with Gasteiger partial charge >= 0.3 is 0 Å². The monoisotopic (exact) mass is 210 g/mol. The van der Waals surface area contributed by atoms with E-state index in [9.17, 15) is 10.2 Å². The molecule has 0 spiro atoms. The summed E-state index contributed by atoms with van der Waals surface area (Å²) in [5, 5.41) is 22.6. The van der Waals surface area contributed by atoms with Crippen LogP contribution in [-0.2, 0) is 0 Å². The second-order valence-electron chi connectivity index (χ2n) is 2.96. The van der Waals surface area contributed by atoms with Gasteiger partial charge in [0.15, 0.2) is 0 Å². The van der Waals surface area contributed by atoms with Crippen molar-refractivity contribution in [2.24, 2.45) is 10.9 Å². The summed E-state index contributed by atoms with van der Waals surface area (Å²) in [6.07, 6.45) is -1.01. The van der Waals surface area contributed by atoms with Crippen molar-refractivity contribution in [3.63, 3.8) is 0 Å². The molecule has 0 radical (unpaired) electrons. The van der Waals surface area contributed by atoms with Gasteiger partial charge in [-0.05, 0) is 6.07 Å². The van der Waals surface area contributed by atoms with Crippen LogP contribution in [0.2, 0.25) is 0 Å². The summed E-state index contributed by atoms with van der Waals surface area (Å²) in [6, 6.07) is 7.39. The maximum absolute atomic E-state index is 9.60. The summed E-state index contributed by atoms with van der Waals surface area (Å²) in [7, 11) is 0. The number of benzene rings is 1. The Bertz CT molecular complexity index is 381. The van der Waals surface area contributed by atoms with Crippen LogP contribution in [0.4, 0.5) is 0 Å². The van der Waals surface area contributed by atoms with Crippen molar-refractivity contribution < 1.29 is 10.2 Å². The van der Waals surface area contributed by atoms with Gasteiger partial charge in [0.25, 0.3) is 0 Å². The molecule has 2 unspecified atom stereocenters. The van der Waals surface area contributed by atoms with E-state index >= 15 is 0 Å². The largest absolute Gasteiger partial charge is 0.383 e. The number of fused-ring (bicyclic) bond motifs is 1. The smallest absolute Gasteiger partial charge is 0.135 e. The van der Waals surface area contributed by atoms with Crippen LogP contribution in [0.15, 0.2) is 34.3 Å². The normalized spacial score (nSPS) is 28.9. The van der Waals surface area contributed by atoms with E-state index in [-0.39, 0.29) is 0 Å². The number of nitrogens with two attached hydrogens (primary N) is 1. The van der Waals surface area contributed by atoms with E-state index in [1.165, 1.54) is 11.8 Å². The Morgan fingerprint density at radius 2 is 2.00 bits per heavy atom. The predicted octanol–water partition coefficient (Wildman–Crippen LogP) is 0.134. The van der Waals surface area contributed by atoms with E-state index in [2.05, 4.69) is 5.10 Å². The third kappa shape index (κ3) is 1.39. The Morgan fingerprint density at radius 3 is 2.71 bits per heavy atom. The molecule has 0 bridgehead atoms. The Hall–Kier alpha value is -1.04. The molecule has 4 nitrogen and oxygen atoms in total. The number of hydrogen-bond donors (Lipinski definition) is 3. The minimum absolute atomic E-state index is 0.340. The first-order valence-corrected chi connectivity index (χ1v) is 5.02. The molecule has 0 aliphatic carbocycles. The van der Waals surface area contributed by atoms with Gasteiger partial charge in [0, 0.05) is 10.5 Å². The second-order valence-corrected chi connectivity index (χ2v) is 4.12. The van der Waals surface area contributed by atoms with Crippen molar-refractivity contribution in [3.05, 3.63) is 29.8 Å². The van der Waals surface area contributed by atoms with E-state index in [0.717, 1.165) is 10.5 Å². The average Bonchev–Trinajstić information content (AvgIpc) is 2.20. The van der Waals surface area contributed by atoms with Crippen LogP contribution in [-0.4, -0.2) is 27.5 Å². The van der Waals surface area contributed by atoms with Crippen molar-refractivity contribution in [3.8, 4) is 0 Å². The van der Waals surface area contributed by atoms with Crippen molar-refractivity contribution >= 4 is 17.5 Å². The third-order valence-corrected chi connectivity index (χ3v) is 3.21. The van der Waals surface area contributed by atoms with Crippen LogP contribution in [0, 0.1) is 0 Å². The van der Waals surface area contributed by atoms with Crippen molar-refractivity contribution in [1.82, 2.24) is 0 Å². The lowest BCUT2D eigenvalue weighted by Gasteiger charge is -2.26. The number of rotatable bonds is 0. The molecular formula is C9H10N2O2S. The predicted molar refractivity (Wildman–Crippen MR) is 55.0 cm³/mol. The number of thioether (sulfide) groups is 1. The van der Waals surface area contributed by atoms with Crippen LogP contribution < -0.4 is 5.84 Å². The van der Waals surface area contributed by atoms with E-state index < -0.39 is 11.5 Å². The maximum Gasteiger partial charge on any atom is 0.135 e. The van der Waals surface area contributed by atoms with E-state index in [1.807, 2.05) is 24.3 Å². The molecule has 1 aliphatic heterocycles. The zero-order valence-electron chi connectivity index (χ0n) is 7.29. The second kappa shape index (κ2) is 3.61. The fourth-order valence-corrected chi connectivity index (χ4v) is 2.39. The topological polar surface area (TPSA) is 78.8 Å². The Morgan fingerprint density at radius 1 is 1.29 bits per heavy atom. The lowest BCUT2D eigenvalue weighted by molar-refractivity contribution is 0.119. The summed E-state index contributed by atoms with van der Waals surface area (Å²) in [4.78, 5) is 0.884. The van der Waals surface area contributed by atoms with Crippen LogP contribution in [0.5, 0.6) is 0 Å². The van der Waals surface area contributed by atoms with Gasteiger partial charge in [-0.2, -0.15) is 5.10 Å². The number of aliphatic hydroxyl groups excluding tert-OH is 2. The maximum atomic E-state index is 9.60. The zero-order chi connectivity index (χ0) is 10.1. The number of hydrogen-bond acceptors (Lipinski definition) is 5. The first-order valence-electron chi connectivity index (χ1n) is 4.14. The zero-order valence-corrected chi connectivity index (χ0v) is 8.11. The number of nitrogens with zero attached hydrogens (tertiary/aromatic N) is 1. The van der Waals surface area contributed by atoms with Crippen molar-refractivity contribution in [2.75, 3.05) is 0 Å². The van der Waals surface area contributed by atoms with Gasteiger partial charge in [-0.3, -0.25) is 0 Å². The first kappa shape index (κ1) is 9.51. The molecule has 1 aromatic carbocycles. The molecule has 2 atom stereocenters. The van der Waals surface area contributed by atoms with E-state index in [4.69, 9.17) is 5.84 Å². The SMILES string of the molecule is NN=C1c2ccccc2SC(O)C1O. The van der Waals surface area contributed by atoms with Gasteiger partial charge in [-0.1, -0.05) is 30.0 Å². The summed E-state index contributed by atoms with van der Waals surface area (Å²) >= 11 is 1.21. The van der Waals surface area contributed by atoms with Gasteiger partial charge in [0.2, 0.25) is 0 Å². The average molecular weight is 210 g/mol. The highest BCUT2D eigenvalue weighted by atomic mass is 32.2. The lowest BCUT2D eigenvalue weighted by atomic mass is 10.1. The highest BCUT2D eigenvalue weighted by Gasteiger charge is 2.31. The molecule has 0 aromatic heterocycles. The quantitative estimate of drug-likeness (QED) is 0.420. The minimum atomic E-state index is -1.01. The summed E-state index contributed by atoms with van der Waals surface area (Å²) in [5.41, 5.74) is 0.233. The van der Waals surface area contributed by atoms with Crippen LogP contribution in [0.25, 0.3) is 0 Å². The van der Waals surface area contributed by atoms with Crippen LogP contribution in [0.3, 0.4) is 0 Å². The molecule has 1 aliphatic rings. The van der Waals surface area contributed by atoms with Gasteiger partial charge in [0.05, 0.1) is 0 Å². The van der Waals surface area contributed by atoms with Gasteiger partial charge in [-0.25, -0.2) is 0 Å². The van der Waals surface area contributed by atoms with Gasteiger partial charge in [-0.15, -0.1) is 0 Å². The highest BCUT2D eigenvalue weighted by molar-refractivity contribution is 8.00. The number of hydrazone groups is 1. The molecule has 4 N–H and O–H groups in total. The lowest BCUT2D eigenvalue weighted by Crippen LogP contribution is -2.36. The molecular weight excluding hydrogens is 200 g/mol. The molecule has 0 fully saturated rings. The Kier molecular flexibility index (Phi) is 2.45. The van der Waals surface area contributed by atoms with E-state index in [0.29, 0.717) is 5.71 Å². The van der Waals surface area contributed by atoms with Crippen LogP contribution >= 0.6 is 11.8 Å². The molecule has 1 heterocycles. The first-order chi connectivity index (χ1) is 6.74. The third-order valence-electron chi connectivity index (χ3n) is 2.10. The molecule has 74 valence electrons. The standard InChI is InChI=1S/C9H10N2O2S/c10-11-7-5-3-1-2-4-6(5)14-9(13)8(7)12/h1-4,8-9,12-13H,10H2. The number of aliphatic hydroxyl groups is 2. The molecule has 1 aromatic rings. The Labute approximate surface area is 85.4 Å². The fourth-order valence-electron chi connectivity index (χ4n) is 1.42. The molecule has 0 amide bonds. The van der Waals surface area contributed by atoms with Crippen LogP contribution in [0.1, 0.15) is 5.56 Å². The summed E-state index contributed by atoms with van der Waals surface area (Å²) in [5.74, 6) is 5.18. The minimum Gasteiger partial charge on any atom is -0.383 e. The molecule has 14 heavy (non-hydrogen) atoms. The summed E-state index contributed by atoms with van der Waals surface area (Å²) in [6.45, 7) is 0. The fraction of sp³-hybridized carbons (Fsp3) is 0.222. The van der Waals surface area contributed by atoms with Crippen molar-refractivity contribution in [1.29, 1.82) is 0 Å². The van der Waals surface area contributed by atoms with Gasteiger partial charge in [0.1, 0.15) is 17.3 Å². The molecule has 5 heteroatoms.